The number of benzene rings is 1. The fourth-order valence-corrected chi connectivity index (χ4v) is 2.12. The van der Waals surface area contributed by atoms with Crippen LogP contribution >= 0.6 is 0 Å². The summed E-state index contributed by atoms with van der Waals surface area (Å²) in [6, 6.07) is 11.7. The topological polar surface area (TPSA) is 50.7 Å². The molecule has 0 amide bonds. The first-order chi connectivity index (χ1) is 8.84. The Labute approximate surface area is 104 Å². The summed E-state index contributed by atoms with van der Waals surface area (Å²) in [5.74, 6) is 0. The molecule has 1 aromatic carbocycles. The average Bonchev–Trinajstić information content (AvgIpc) is 2.73. The number of hydrogen-bond donors (Lipinski definition) is 1. The van der Waals surface area contributed by atoms with Gasteiger partial charge in [0.2, 0.25) is 0 Å². The van der Waals surface area contributed by atoms with E-state index in [-0.39, 0.29) is 5.69 Å². The van der Waals surface area contributed by atoms with Gasteiger partial charge in [0.1, 0.15) is 0 Å². The zero-order valence-electron chi connectivity index (χ0n) is 9.84. The van der Waals surface area contributed by atoms with Crippen molar-refractivity contribution in [2.45, 2.75) is 13.0 Å². The van der Waals surface area contributed by atoms with Crippen molar-refractivity contribution in [3.8, 4) is 0 Å². The highest BCUT2D eigenvalue weighted by Gasteiger charge is 2.05. The highest BCUT2D eigenvalue weighted by atomic mass is 16.1. The molecule has 0 aliphatic heterocycles. The third-order valence-electron chi connectivity index (χ3n) is 3.03. The van der Waals surface area contributed by atoms with Gasteiger partial charge < -0.3 is 4.98 Å². The number of rotatable bonds is 3. The smallest absolute Gasteiger partial charge is 0.306 e. The Bertz CT molecular complexity index is 712. The van der Waals surface area contributed by atoms with Gasteiger partial charge in [0.25, 0.3) is 0 Å². The fourth-order valence-electron chi connectivity index (χ4n) is 2.12. The first kappa shape index (κ1) is 10.8. The van der Waals surface area contributed by atoms with E-state index < -0.39 is 0 Å². The molecule has 0 spiro atoms. The third-order valence-corrected chi connectivity index (χ3v) is 3.03. The Balaban J connectivity index is 1.91. The molecule has 0 unspecified atom stereocenters. The molecule has 1 N–H and O–H groups in total. The number of hydrogen-bond acceptors (Lipinski definition) is 2. The predicted octanol–water partition coefficient (Wildman–Crippen LogP) is 1.97. The van der Waals surface area contributed by atoms with Crippen molar-refractivity contribution in [1.82, 2.24) is 14.5 Å². The molecule has 90 valence electrons. The quantitative estimate of drug-likeness (QED) is 0.759. The maximum atomic E-state index is 11.9. The number of pyridine rings is 1. The highest BCUT2D eigenvalue weighted by Crippen LogP contribution is 2.09. The van der Waals surface area contributed by atoms with E-state index in [1.807, 2.05) is 42.6 Å². The van der Waals surface area contributed by atoms with Crippen molar-refractivity contribution >= 4 is 11.0 Å². The van der Waals surface area contributed by atoms with Crippen molar-refractivity contribution in [1.29, 1.82) is 0 Å². The molecule has 2 aromatic heterocycles. The van der Waals surface area contributed by atoms with Gasteiger partial charge in [-0.2, -0.15) is 0 Å². The van der Waals surface area contributed by atoms with E-state index in [0.717, 1.165) is 23.0 Å². The van der Waals surface area contributed by atoms with E-state index in [4.69, 9.17) is 0 Å². The molecule has 3 aromatic rings. The number of nitrogens with zero attached hydrogens (tertiary/aromatic N) is 2. The second-order valence-electron chi connectivity index (χ2n) is 4.21. The lowest BCUT2D eigenvalue weighted by molar-refractivity contribution is 0.690. The number of imidazole rings is 1. The van der Waals surface area contributed by atoms with Crippen LogP contribution in [0.5, 0.6) is 0 Å². The number of aromatic amines is 1. The molecule has 0 radical (unpaired) electrons. The summed E-state index contributed by atoms with van der Waals surface area (Å²) in [6.45, 7) is 0.661. The minimum Gasteiger partial charge on any atom is -0.306 e. The number of H-pyrrole nitrogens is 1. The Morgan fingerprint density at radius 2 is 2.06 bits per heavy atom. The average molecular weight is 239 g/mol. The summed E-state index contributed by atoms with van der Waals surface area (Å²) < 4.78 is 1.77. The highest BCUT2D eigenvalue weighted by molar-refractivity contribution is 5.74. The molecule has 0 atom stereocenters. The van der Waals surface area contributed by atoms with Gasteiger partial charge in [-0.15, -0.1) is 0 Å². The van der Waals surface area contributed by atoms with Gasteiger partial charge in [0.15, 0.2) is 0 Å². The van der Waals surface area contributed by atoms with Crippen molar-refractivity contribution < 1.29 is 0 Å². The molecule has 18 heavy (non-hydrogen) atoms. The lowest BCUT2D eigenvalue weighted by Crippen LogP contribution is -2.17. The number of para-hydroxylation sites is 2. The molecule has 0 aliphatic carbocycles. The minimum absolute atomic E-state index is 0.0555. The molecule has 4 nitrogen and oxygen atoms in total. The summed E-state index contributed by atoms with van der Waals surface area (Å²) in [6.07, 6.45) is 4.39. The van der Waals surface area contributed by atoms with Crippen LogP contribution in [-0.4, -0.2) is 14.5 Å². The maximum absolute atomic E-state index is 11.9. The molecule has 3 rings (SSSR count). The van der Waals surface area contributed by atoms with Crippen LogP contribution in [0.1, 0.15) is 5.56 Å². The first-order valence-corrected chi connectivity index (χ1v) is 5.91. The standard InChI is InChI=1S/C14H13N3O/c18-14-16-12-5-1-2-6-13(12)17(14)9-7-11-4-3-8-15-10-11/h1-6,8,10H,7,9H2,(H,16,18). The van der Waals surface area contributed by atoms with Gasteiger partial charge >= 0.3 is 5.69 Å². The number of aromatic nitrogens is 3. The first-order valence-electron chi connectivity index (χ1n) is 5.91. The zero-order valence-corrected chi connectivity index (χ0v) is 9.84. The molecule has 0 bridgehead atoms. The normalized spacial score (nSPS) is 10.9. The van der Waals surface area contributed by atoms with Crippen molar-refractivity contribution in [2.75, 3.05) is 0 Å². The Kier molecular flexibility index (Phi) is 2.68. The molecular weight excluding hydrogens is 226 g/mol. The van der Waals surface area contributed by atoms with Crippen LogP contribution in [0, 0.1) is 0 Å². The van der Waals surface area contributed by atoms with E-state index in [1.54, 1.807) is 10.8 Å². The molecule has 0 aliphatic rings. The lowest BCUT2D eigenvalue weighted by atomic mass is 10.2. The molecule has 0 saturated heterocycles. The van der Waals surface area contributed by atoms with Crippen LogP contribution in [0.3, 0.4) is 0 Å². The van der Waals surface area contributed by atoms with Gasteiger partial charge in [-0.05, 0) is 30.2 Å². The summed E-state index contributed by atoms with van der Waals surface area (Å²) in [4.78, 5) is 18.8. The van der Waals surface area contributed by atoms with Gasteiger partial charge in [-0.1, -0.05) is 18.2 Å². The fraction of sp³-hybridized carbons (Fsp3) is 0.143. The molecular formula is C14H13N3O. The summed E-state index contributed by atoms with van der Waals surface area (Å²) in [7, 11) is 0. The van der Waals surface area contributed by atoms with Gasteiger partial charge in [0.05, 0.1) is 11.0 Å². The summed E-state index contributed by atoms with van der Waals surface area (Å²) in [5, 5.41) is 0. The van der Waals surface area contributed by atoms with E-state index >= 15 is 0 Å². The van der Waals surface area contributed by atoms with Crippen molar-refractivity contribution in [3.63, 3.8) is 0 Å². The van der Waals surface area contributed by atoms with Crippen LogP contribution in [0.4, 0.5) is 0 Å². The monoisotopic (exact) mass is 239 g/mol. The zero-order chi connectivity index (χ0) is 12.4. The van der Waals surface area contributed by atoms with E-state index in [9.17, 15) is 4.79 Å². The Morgan fingerprint density at radius 3 is 2.89 bits per heavy atom. The van der Waals surface area contributed by atoms with Crippen molar-refractivity contribution in [3.05, 3.63) is 64.8 Å². The second kappa shape index (κ2) is 4.49. The van der Waals surface area contributed by atoms with E-state index in [1.165, 1.54) is 0 Å². The Morgan fingerprint density at radius 1 is 1.17 bits per heavy atom. The van der Waals surface area contributed by atoms with Crippen LogP contribution < -0.4 is 5.69 Å². The van der Waals surface area contributed by atoms with Gasteiger partial charge in [-0.3, -0.25) is 9.55 Å². The van der Waals surface area contributed by atoms with Gasteiger partial charge in [0, 0.05) is 18.9 Å². The van der Waals surface area contributed by atoms with E-state index in [0.29, 0.717) is 6.54 Å². The molecule has 0 fully saturated rings. The lowest BCUT2D eigenvalue weighted by Gasteiger charge is -2.03. The van der Waals surface area contributed by atoms with Crippen LogP contribution in [0.25, 0.3) is 11.0 Å². The van der Waals surface area contributed by atoms with Crippen LogP contribution in [0.2, 0.25) is 0 Å². The molecule has 2 heterocycles. The number of aryl methyl sites for hydroxylation is 2. The summed E-state index contributed by atoms with van der Waals surface area (Å²) >= 11 is 0. The summed E-state index contributed by atoms with van der Waals surface area (Å²) in [5.41, 5.74) is 2.91. The van der Waals surface area contributed by atoms with Crippen LogP contribution in [-0.2, 0) is 13.0 Å². The number of nitrogens with one attached hydrogen (secondary N) is 1. The largest absolute Gasteiger partial charge is 0.326 e. The number of fused-ring (bicyclic) bond motifs is 1. The Hall–Kier alpha value is -2.36. The second-order valence-corrected chi connectivity index (χ2v) is 4.21. The van der Waals surface area contributed by atoms with Gasteiger partial charge in [-0.25, -0.2) is 4.79 Å². The molecule has 0 saturated carbocycles. The maximum Gasteiger partial charge on any atom is 0.326 e. The van der Waals surface area contributed by atoms with Crippen molar-refractivity contribution in [2.24, 2.45) is 0 Å². The predicted molar refractivity (Wildman–Crippen MR) is 70.5 cm³/mol. The van der Waals surface area contributed by atoms with E-state index in [2.05, 4.69) is 9.97 Å². The molecule has 4 heteroatoms. The SMILES string of the molecule is O=c1[nH]c2ccccc2n1CCc1cccnc1. The van der Waals surface area contributed by atoms with Crippen LogP contribution in [0.15, 0.2) is 53.6 Å². The minimum atomic E-state index is -0.0555. The third kappa shape index (κ3) is 1.93.